The molecule has 1 rings (SSSR count). The summed E-state index contributed by atoms with van der Waals surface area (Å²) in [5.41, 5.74) is -0.0121. The van der Waals surface area contributed by atoms with Crippen molar-refractivity contribution in [2.75, 3.05) is 13.7 Å². The molecule has 0 aromatic heterocycles. The Morgan fingerprint density at radius 2 is 1.90 bits per heavy atom. The molecule has 5 nitrogen and oxygen atoms in total. The first-order valence-electron chi connectivity index (χ1n) is 6.63. The maximum absolute atomic E-state index is 12.6. The molecular weight excluding hydrogens is 278 g/mol. The maximum atomic E-state index is 12.6. The highest BCUT2D eigenvalue weighted by molar-refractivity contribution is 7.89. The molecule has 20 heavy (non-hydrogen) atoms. The second kappa shape index (κ2) is 6.56. The number of sulfonamides is 1. The topological polar surface area (TPSA) is 75.6 Å². The lowest BCUT2D eigenvalue weighted by atomic mass is 9.96. The fourth-order valence-electron chi connectivity index (χ4n) is 1.98. The molecule has 0 bridgehead atoms. The first-order chi connectivity index (χ1) is 9.34. The third kappa shape index (κ3) is 3.50. The molecule has 0 spiro atoms. The quantitative estimate of drug-likeness (QED) is 0.805. The van der Waals surface area contributed by atoms with Gasteiger partial charge in [-0.15, -0.1) is 0 Å². The van der Waals surface area contributed by atoms with Gasteiger partial charge in [0.1, 0.15) is 10.6 Å². The minimum Gasteiger partial charge on any atom is -0.495 e. The van der Waals surface area contributed by atoms with Crippen molar-refractivity contribution in [1.82, 2.24) is 4.72 Å². The van der Waals surface area contributed by atoms with Crippen molar-refractivity contribution in [2.45, 2.75) is 44.0 Å². The lowest BCUT2D eigenvalue weighted by Crippen LogP contribution is -2.50. The fourth-order valence-corrected chi connectivity index (χ4v) is 3.77. The van der Waals surface area contributed by atoms with Gasteiger partial charge in [-0.1, -0.05) is 19.9 Å². The smallest absolute Gasteiger partial charge is 0.244 e. The van der Waals surface area contributed by atoms with E-state index in [9.17, 15) is 13.5 Å². The molecule has 0 heterocycles. The van der Waals surface area contributed by atoms with Crippen LogP contribution in [0.3, 0.4) is 0 Å². The Bertz CT molecular complexity index is 542. The lowest BCUT2D eigenvalue weighted by Gasteiger charge is -2.30. The highest BCUT2D eigenvalue weighted by Crippen LogP contribution is 2.27. The molecule has 0 aliphatic rings. The number of methoxy groups -OCH3 is 1. The molecule has 0 aliphatic heterocycles. The highest BCUT2D eigenvalue weighted by atomic mass is 32.2. The number of rotatable bonds is 7. The fraction of sp³-hybridized carbons (Fsp3) is 0.571. The van der Waals surface area contributed by atoms with Crippen molar-refractivity contribution in [1.29, 1.82) is 0 Å². The molecule has 0 fully saturated rings. The van der Waals surface area contributed by atoms with Crippen LogP contribution in [0.5, 0.6) is 5.75 Å². The number of hydrogen-bond donors (Lipinski definition) is 2. The van der Waals surface area contributed by atoms with Gasteiger partial charge in [-0.25, -0.2) is 13.1 Å². The molecule has 114 valence electrons. The van der Waals surface area contributed by atoms with Crippen LogP contribution in [0.4, 0.5) is 0 Å². The summed E-state index contributed by atoms with van der Waals surface area (Å²) in [5.74, 6) is 0.294. The number of nitrogens with one attached hydrogen (secondary N) is 1. The monoisotopic (exact) mass is 301 g/mol. The van der Waals surface area contributed by atoms with Crippen LogP contribution < -0.4 is 9.46 Å². The summed E-state index contributed by atoms with van der Waals surface area (Å²) in [6.45, 7) is 5.26. The van der Waals surface area contributed by atoms with E-state index in [-0.39, 0.29) is 11.5 Å². The van der Waals surface area contributed by atoms with E-state index in [1.165, 1.54) is 7.11 Å². The molecular formula is C14H23NO4S. The van der Waals surface area contributed by atoms with Crippen LogP contribution in [-0.2, 0) is 10.0 Å². The Labute approximate surface area is 121 Å². The summed E-state index contributed by atoms with van der Waals surface area (Å²) in [6.07, 6.45) is 1.01. The van der Waals surface area contributed by atoms with Crippen LogP contribution in [-0.4, -0.2) is 32.8 Å². The molecule has 0 radical (unpaired) electrons. The lowest BCUT2D eigenvalue weighted by molar-refractivity contribution is 0.172. The van der Waals surface area contributed by atoms with Crippen molar-refractivity contribution in [3.8, 4) is 5.75 Å². The van der Waals surface area contributed by atoms with Gasteiger partial charge < -0.3 is 9.84 Å². The Balaban J connectivity index is 3.27. The van der Waals surface area contributed by atoms with E-state index in [0.29, 0.717) is 18.6 Å². The summed E-state index contributed by atoms with van der Waals surface area (Å²) in [4.78, 5) is 0.0970. The Hall–Kier alpha value is -1.11. The Morgan fingerprint density at radius 3 is 2.35 bits per heavy atom. The molecule has 1 aromatic rings. The zero-order chi connectivity index (χ0) is 15.4. The van der Waals surface area contributed by atoms with Gasteiger partial charge in [0, 0.05) is 0 Å². The number of hydrogen-bond acceptors (Lipinski definition) is 4. The van der Waals surface area contributed by atoms with Gasteiger partial charge in [0.15, 0.2) is 0 Å². The van der Waals surface area contributed by atoms with E-state index in [2.05, 4.69) is 4.72 Å². The van der Waals surface area contributed by atoms with Crippen molar-refractivity contribution >= 4 is 10.0 Å². The summed E-state index contributed by atoms with van der Waals surface area (Å²) >= 11 is 0. The summed E-state index contributed by atoms with van der Waals surface area (Å²) in [6, 6.07) is 4.98. The molecule has 1 aromatic carbocycles. The second-order valence-electron chi connectivity index (χ2n) is 4.91. The van der Waals surface area contributed by atoms with E-state index in [1.54, 1.807) is 18.2 Å². The zero-order valence-corrected chi connectivity index (χ0v) is 13.3. The molecule has 6 heteroatoms. The molecule has 0 atom stereocenters. The molecule has 0 saturated carbocycles. The third-order valence-electron chi connectivity index (χ3n) is 3.62. The molecule has 0 saturated heterocycles. The van der Waals surface area contributed by atoms with Crippen molar-refractivity contribution in [3.63, 3.8) is 0 Å². The predicted molar refractivity (Wildman–Crippen MR) is 78.5 cm³/mol. The average Bonchev–Trinajstić information content (AvgIpc) is 2.45. The predicted octanol–water partition coefficient (Wildman–Crippen LogP) is 1.83. The van der Waals surface area contributed by atoms with Crippen LogP contribution in [0.1, 0.15) is 32.3 Å². The summed E-state index contributed by atoms with van der Waals surface area (Å²) in [7, 11) is -2.32. The first kappa shape index (κ1) is 16.9. The van der Waals surface area contributed by atoms with E-state index < -0.39 is 15.6 Å². The average molecular weight is 301 g/mol. The van der Waals surface area contributed by atoms with Crippen molar-refractivity contribution < 1.29 is 18.3 Å². The first-order valence-corrected chi connectivity index (χ1v) is 8.12. The second-order valence-corrected chi connectivity index (χ2v) is 6.56. The maximum Gasteiger partial charge on any atom is 0.244 e. The zero-order valence-electron chi connectivity index (χ0n) is 12.4. The van der Waals surface area contributed by atoms with Gasteiger partial charge in [0.2, 0.25) is 10.0 Å². The number of aliphatic hydroxyl groups is 1. The normalized spacial score (nSPS) is 12.4. The number of aryl methyl sites for hydroxylation is 1. The largest absolute Gasteiger partial charge is 0.495 e. The minimum atomic E-state index is -3.75. The number of ether oxygens (including phenoxy) is 1. The van der Waals surface area contributed by atoms with Crippen LogP contribution in [0.25, 0.3) is 0 Å². The standard InChI is InChI=1S/C14H23NO4S/c1-5-14(6-2,10-16)15-20(17,18)13-9-11(3)7-8-12(13)19-4/h7-9,15-16H,5-6,10H2,1-4H3. The van der Waals surface area contributed by atoms with Crippen LogP contribution in [0.15, 0.2) is 23.1 Å². The van der Waals surface area contributed by atoms with Gasteiger partial charge in [-0.3, -0.25) is 0 Å². The van der Waals surface area contributed by atoms with Gasteiger partial charge in [0.25, 0.3) is 0 Å². The molecule has 2 N–H and O–H groups in total. The Kier molecular flexibility index (Phi) is 5.56. The van der Waals surface area contributed by atoms with E-state index >= 15 is 0 Å². The number of benzene rings is 1. The van der Waals surface area contributed by atoms with E-state index in [1.807, 2.05) is 20.8 Å². The SMILES string of the molecule is CCC(CC)(CO)NS(=O)(=O)c1cc(C)ccc1OC. The Morgan fingerprint density at radius 1 is 1.30 bits per heavy atom. The van der Waals surface area contributed by atoms with Crippen LogP contribution in [0, 0.1) is 6.92 Å². The third-order valence-corrected chi connectivity index (χ3v) is 5.22. The summed E-state index contributed by atoms with van der Waals surface area (Å²) < 4.78 is 32.8. The molecule has 0 aliphatic carbocycles. The minimum absolute atomic E-state index is 0.0970. The molecule has 0 unspecified atom stereocenters. The van der Waals surface area contributed by atoms with Crippen molar-refractivity contribution in [2.24, 2.45) is 0 Å². The van der Waals surface area contributed by atoms with Crippen LogP contribution in [0.2, 0.25) is 0 Å². The summed E-state index contributed by atoms with van der Waals surface area (Å²) in [5, 5.41) is 9.51. The van der Waals surface area contributed by atoms with Gasteiger partial charge in [0.05, 0.1) is 19.3 Å². The van der Waals surface area contributed by atoms with Crippen molar-refractivity contribution in [3.05, 3.63) is 23.8 Å². The highest BCUT2D eigenvalue weighted by Gasteiger charge is 2.32. The van der Waals surface area contributed by atoms with Gasteiger partial charge >= 0.3 is 0 Å². The van der Waals surface area contributed by atoms with Crippen LogP contribution >= 0.6 is 0 Å². The van der Waals surface area contributed by atoms with E-state index in [0.717, 1.165) is 5.56 Å². The van der Waals surface area contributed by atoms with Gasteiger partial charge in [-0.2, -0.15) is 0 Å². The van der Waals surface area contributed by atoms with E-state index in [4.69, 9.17) is 4.74 Å². The molecule has 0 amide bonds. The van der Waals surface area contributed by atoms with Gasteiger partial charge in [-0.05, 0) is 37.5 Å². The number of aliphatic hydroxyl groups excluding tert-OH is 1.